The van der Waals surface area contributed by atoms with Crippen LogP contribution in [0.25, 0.3) is 0 Å². The topological polar surface area (TPSA) is 111 Å². The van der Waals surface area contributed by atoms with Crippen molar-refractivity contribution in [2.75, 3.05) is 6.61 Å². The van der Waals surface area contributed by atoms with Crippen molar-refractivity contribution < 1.29 is 37.8 Å². The number of hydrogen-bond acceptors (Lipinski definition) is 10. The van der Waals surface area contributed by atoms with Gasteiger partial charge in [-0.05, 0) is 22.3 Å². The Balaban J connectivity index is 1.44. The summed E-state index contributed by atoms with van der Waals surface area (Å²) in [6.45, 7) is 1.13. The Labute approximate surface area is 309 Å². The van der Waals surface area contributed by atoms with Gasteiger partial charge in [-0.15, -0.1) is 0 Å². The van der Waals surface area contributed by atoms with Gasteiger partial charge in [0.15, 0.2) is 0 Å². The van der Waals surface area contributed by atoms with Crippen LogP contribution in [-0.2, 0) is 78.2 Å². The van der Waals surface area contributed by atoms with E-state index in [1.807, 2.05) is 121 Å². The molecule has 272 valence electrons. The van der Waals surface area contributed by atoms with Gasteiger partial charge in [-0.2, -0.15) is 0 Å². The minimum atomic E-state index is -2.20. The smallest absolute Gasteiger partial charge is 0.242 e. The molecule has 4 aromatic carbocycles. The number of nitrogens with zero attached hydrogens (tertiary/aromatic N) is 2. The standard InChI is InChI=1S/C40H44N2O8P2/c43-40(38-34(27-49-52)41-21-33(42-38)26-48-51)39(47-25-32-19-11-4-12-20-32)37(46-24-31-17-9-3-10-18-31)36(45-23-30-15-7-2-8-16-30)35(50-40)28-44-22-29-13-5-1-6-14-29/h1-21,35-37,39,43H,22-28,51-52H2/t35-,36-,37+,39-,40+/m1/s1. The fourth-order valence-electron chi connectivity index (χ4n) is 6.12. The molecule has 6 rings (SSSR count). The molecule has 1 fully saturated rings. The maximum absolute atomic E-state index is 13.1. The number of benzene rings is 4. The van der Waals surface area contributed by atoms with Crippen LogP contribution in [0, 0.1) is 0 Å². The molecule has 52 heavy (non-hydrogen) atoms. The Morgan fingerprint density at radius 2 is 1.08 bits per heavy atom. The zero-order chi connectivity index (χ0) is 36.0. The highest BCUT2D eigenvalue weighted by Gasteiger charge is 2.59. The molecule has 7 atom stereocenters. The van der Waals surface area contributed by atoms with Gasteiger partial charge in [-0.3, -0.25) is 4.98 Å². The van der Waals surface area contributed by atoms with Crippen molar-refractivity contribution in [3.8, 4) is 0 Å². The summed E-state index contributed by atoms with van der Waals surface area (Å²) in [7, 11) is 4.44. The minimum absolute atomic E-state index is 0.0186. The maximum Gasteiger partial charge on any atom is 0.242 e. The molecule has 2 heterocycles. The van der Waals surface area contributed by atoms with Gasteiger partial charge >= 0.3 is 0 Å². The predicted molar refractivity (Wildman–Crippen MR) is 201 cm³/mol. The van der Waals surface area contributed by atoms with Gasteiger partial charge in [-0.1, -0.05) is 121 Å². The number of aromatic nitrogens is 2. The van der Waals surface area contributed by atoms with Crippen molar-refractivity contribution in [3.05, 3.63) is 167 Å². The van der Waals surface area contributed by atoms with Crippen LogP contribution in [0.1, 0.15) is 39.3 Å². The van der Waals surface area contributed by atoms with E-state index in [0.29, 0.717) is 18.0 Å². The molecule has 1 saturated heterocycles. The summed E-state index contributed by atoms with van der Waals surface area (Å²) in [5.41, 5.74) is 4.74. The quantitative estimate of drug-likeness (QED) is 0.0986. The average molecular weight is 743 g/mol. The molecular weight excluding hydrogens is 698 g/mol. The van der Waals surface area contributed by atoms with E-state index in [9.17, 15) is 5.11 Å². The second-order valence-electron chi connectivity index (χ2n) is 12.4. The van der Waals surface area contributed by atoms with Gasteiger partial charge in [0.05, 0.1) is 63.8 Å². The van der Waals surface area contributed by atoms with E-state index in [-0.39, 0.29) is 45.3 Å². The molecule has 1 aromatic heterocycles. The molecule has 12 heteroatoms. The van der Waals surface area contributed by atoms with Crippen molar-refractivity contribution in [2.24, 2.45) is 0 Å². The number of aliphatic hydroxyl groups is 1. The van der Waals surface area contributed by atoms with Crippen LogP contribution in [0.3, 0.4) is 0 Å². The van der Waals surface area contributed by atoms with Gasteiger partial charge in [0.2, 0.25) is 5.79 Å². The van der Waals surface area contributed by atoms with Crippen molar-refractivity contribution in [3.63, 3.8) is 0 Å². The van der Waals surface area contributed by atoms with Crippen LogP contribution in [-0.4, -0.2) is 46.1 Å². The monoisotopic (exact) mass is 742 g/mol. The third-order valence-electron chi connectivity index (χ3n) is 8.63. The van der Waals surface area contributed by atoms with Gasteiger partial charge in [0.25, 0.3) is 0 Å². The molecule has 0 bridgehead atoms. The first-order chi connectivity index (χ1) is 25.6. The molecule has 0 radical (unpaired) electrons. The molecule has 0 saturated carbocycles. The zero-order valence-electron chi connectivity index (χ0n) is 28.7. The zero-order valence-corrected chi connectivity index (χ0v) is 31.0. The van der Waals surface area contributed by atoms with Gasteiger partial charge in [-0.25, -0.2) is 4.98 Å². The molecule has 2 unspecified atom stereocenters. The van der Waals surface area contributed by atoms with Gasteiger partial charge in [0, 0.05) is 18.9 Å². The lowest BCUT2D eigenvalue weighted by atomic mass is 9.88. The highest BCUT2D eigenvalue weighted by molar-refractivity contribution is 7.09. The molecule has 10 nitrogen and oxygen atoms in total. The Morgan fingerprint density at radius 1 is 0.596 bits per heavy atom. The number of hydrogen-bond donors (Lipinski definition) is 1. The van der Waals surface area contributed by atoms with Crippen LogP contribution < -0.4 is 0 Å². The van der Waals surface area contributed by atoms with Crippen LogP contribution >= 0.6 is 18.9 Å². The number of ether oxygens (including phenoxy) is 5. The SMILES string of the molecule is O[C@@]1(c2nc(COP)cnc2COP)O[C@H](COCc2ccccc2)[C@@H](OCc2ccccc2)[C@H](OCc2ccccc2)[C@H]1OCc1ccccc1. The molecule has 0 amide bonds. The number of rotatable bonds is 18. The molecule has 1 N–H and O–H groups in total. The van der Waals surface area contributed by atoms with Crippen LogP contribution in [0.4, 0.5) is 0 Å². The summed E-state index contributed by atoms with van der Waals surface area (Å²) >= 11 is 0. The summed E-state index contributed by atoms with van der Waals surface area (Å²) in [4.78, 5) is 9.44. The van der Waals surface area contributed by atoms with E-state index in [1.54, 1.807) is 6.20 Å². The fourth-order valence-corrected chi connectivity index (χ4v) is 6.45. The molecular formula is C40H44N2O8P2. The van der Waals surface area contributed by atoms with E-state index in [0.717, 1.165) is 22.3 Å². The lowest BCUT2D eigenvalue weighted by Crippen LogP contribution is -2.66. The van der Waals surface area contributed by atoms with Crippen molar-refractivity contribution in [1.29, 1.82) is 0 Å². The van der Waals surface area contributed by atoms with E-state index >= 15 is 0 Å². The Morgan fingerprint density at radius 3 is 1.60 bits per heavy atom. The van der Waals surface area contributed by atoms with Gasteiger partial charge in [0.1, 0.15) is 30.1 Å². The summed E-state index contributed by atoms with van der Waals surface area (Å²) < 4.78 is 44.1. The first kappa shape index (κ1) is 38.2. The summed E-state index contributed by atoms with van der Waals surface area (Å²) in [5, 5.41) is 13.1. The first-order valence-electron chi connectivity index (χ1n) is 17.0. The largest absolute Gasteiger partial charge is 0.374 e. The van der Waals surface area contributed by atoms with Crippen molar-refractivity contribution in [2.45, 2.75) is 69.8 Å². The fraction of sp³-hybridized carbons (Fsp3) is 0.300. The van der Waals surface area contributed by atoms with E-state index in [1.165, 1.54) is 0 Å². The third kappa shape index (κ3) is 10.1. The Bertz CT molecular complexity index is 1780. The second-order valence-corrected chi connectivity index (χ2v) is 13.0. The maximum atomic E-state index is 13.1. The molecule has 5 aromatic rings. The molecule has 1 aliphatic heterocycles. The van der Waals surface area contributed by atoms with Crippen LogP contribution in [0.15, 0.2) is 128 Å². The Kier molecular flexibility index (Phi) is 14.4. The average Bonchev–Trinajstić information content (AvgIpc) is 3.18. The van der Waals surface area contributed by atoms with Gasteiger partial charge < -0.3 is 37.8 Å². The van der Waals surface area contributed by atoms with Crippen molar-refractivity contribution >= 4 is 18.9 Å². The van der Waals surface area contributed by atoms with E-state index in [2.05, 4.69) is 23.9 Å². The predicted octanol–water partition coefficient (Wildman–Crippen LogP) is 6.61. The van der Waals surface area contributed by atoms with E-state index < -0.39 is 30.2 Å². The molecule has 1 aliphatic rings. The first-order valence-corrected chi connectivity index (χ1v) is 18.0. The summed E-state index contributed by atoms with van der Waals surface area (Å²) in [5.74, 6) is -2.20. The van der Waals surface area contributed by atoms with E-state index in [4.69, 9.17) is 37.7 Å². The second kappa shape index (κ2) is 19.5. The Hall–Kier alpha value is -3.50. The lowest BCUT2D eigenvalue weighted by Gasteiger charge is -2.50. The lowest BCUT2D eigenvalue weighted by molar-refractivity contribution is -0.380. The summed E-state index contributed by atoms with van der Waals surface area (Å²) in [6.07, 6.45) is -2.07. The highest BCUT2D eigenvalue weighted by Crippen LogP contribution is 2.42. The molecule has 0 spiro atoms. The highest BCUT2D eigenvalue weighted by atomic mass is 31.0. The minimum Gasteiger partial charge on any atom is -0.374 e. The van der Waals surface area contributed by atoms with Crippen molar-refractivity contribution in [1.82, 2.24) is 9.97 Å². The summed E-state index contributed by atoms with van der Waals surface area (Å²) in [6, 6.07) is 39.3. The third-order valence-corrected chi connectivity index (χ3v) is 8.96. The van der Waals surface area contributed by atoms with Crippen LogP contribution in [0.5, 0.6) is 0 Å². The van der Waals surface area contributed by atoms with Crippen LogP contribution in [0.2, 0.25) is 0 Å². The normalized spacial score (nSPS) is 21.6. The molecule has 0 aliphatic carbocycles.